The summed E-state index contributed by atoms with van der Waals surface area (Å²) in [5, 5.41) is 17.4. The molecular weight excluding hydrogens is 424 g/mol. The van der Waals surface area contributed by atoms with Crippen molar-refractivity contribution in [3.63, 3.8) is 0 Å². The van der Waals surface area contributed by atoms with Gasteiger partial charge < -0.3 is 10.2 Å². The Kier molecular flexibility index (Phi) is 6.31. The summed E-state index contributed by atoms with van der Waals surface area (Å²) in [6, 6.07) is 1.96. The lowest BCUT2D eigenvalue weighted by molar-refractivity contribution is -0.127. The third kappa shape index (κ3) is 4.85. The van der Waals surface area contributed by atoms with Gasteiger partial charge in [-0.2, -0.15) is 5.10 Å². The van der Waals surface area contributed by atoms with Gasteiger partial charge in [-0.15, -0.1) is 10.2 Å². The SMILES string of the molecule is Cc1nc(Nc2nnc(C)s2)cc([C@H]2CCCN(C(=O)/C=C/c3c(C)nn(C)c3C)C2)n1. The molecule has 0 aromatic carbocycles. The van der Waals surface area contributed by atoms with Gasteiger partial charge in [0.2, 0.25) is 11.0 Å². The van der Waals surface area contributed by atoms with Gasteiger partial charge in [0.15, 0.2) is 0 Å². The maximum Gasteiger partial charge on any atom is 0.246 e. The predicted octanol–water partition coefficient (Wildman–Crippen LogP) is 3.46. The first-order valence-electron chi connectivity index (χ1n) is 10.7. The second kappa shape index (κ2) is 9.15. The van der Waals surface area contributed by atoms with Gasteiger partial charge in [-0.1, -0.05) is 11.3 Å². The third-order valence-corrected chi connectivity index (χ3v) is 6.48. The first kappa shape index (κ1) is 22.1. The van der Waals surface area contributed by atoms with E-state index in [0.717, 1.165) is 47.0 Å². The van der Waals surface area contributed by atoms with Gasteiger partial charge >= 0.3 is 0 Å². The maximum atomic E-state index is 12.9. The van der Waals surface area contributed by atoms with Gasteiger partial charge in [0.1, 0.15) is 16.6 Å². The fourth-order valence-electron chi connectivity index (χ4n) is 4.03. The third-order valence-electron chi connectivity index (χ3n) is 5.73. The molecule has 1 saturated heterocycles. The summed E-state index contributed by atoms with van der Waals surface area (Å²) in [4.78, 5) is 24.0. The number of nitrogens with one attached hydrogen (secondary N) is 1. The minimum Gasteiger partial charge on any atom is -0.338 e. The summed E-state index contributed by atoms with van der Waals surface area (Å²) in [5.41, 5.74) is 3.92. The van der Waals surface area contributed by atoms with E-state index in [9.17, 15) is 4.79 Å². The van der Waals surface area contributed by atoms with Crippen molar-refractivity contribution in [2.75, 3.05) is 18.4 Å². The number of hydrogen-bond acceptors (Lipinski definition) is 8. The lowest BCUT2D eigenvalue weighted by Gasteiger charge is -2.32. The predicted molar refractivity (Wildman–Crippen MR) is 125 cm³/mol. The molecule has 1 fully saturated rings. The lowest BCUT2D eigenvalue weighted by atomic mass is 9.94. The van der Waals surface area contributed by atoms with Crippen LogP contribution < -0.4 is 5.32 Å². The lowest BCUT2D eigenvalue weighted by Crippen LogP contribution is -2.38. The minimum absolute atomic E-state index is 0.0193. The van der Waals surface area contributed by atoms with Crippen LogP contribution in [0, 0.1) is 27.7 Å². The highest BCUT2D eigenvalue weighted by Crippen LogP contribution is 2.28. The zero-order chi connectivity index (χ0) is 22.8. The summed E-state index contributed by atoms with van der Waals surface area (Å²) in [6.45, 7) is 9.16. The molecule has 1 aliphatic rings. The fourth-order valence-corrected chi connectivity index (χ4v) is 4.63. The second-order valence-electron chi connectivity index (χ2n) is 8.14. The van der Waals surface area contributed by atoms with Crippen LogP contribution in [0.4, 0.5) is 10.9 Å². The van der Waals surface area contributed by atoms with Crippen LogP contribution in [0.2, 0.25) is 0 Å². The molecule has 0 spiro atoms. The van der Waals surface area contributed by atoms with Crippen molar-refractivity contribution in [1.82, 2.24) is 34.8 Å². The normalized spacial score (nSPS) is 16.7. The Balaban J connectivity index is 1.47. The van der Waals surface area contributed by atoms with Crippen LogP contribution in [0.25, 0.3) is 6.08 Å². The number of amides is 1. The van der Waals surface area contributed by atoms with Crippen LogP contribution in [0.3, 0.4) is 0 Å². The number of carbonyl (C=O) groups excluding carboxylic acids is 1. The number of aromatic nitrogens is 6. The van der Waals surface area contributed by atoms with Crippen molar-refractivity contribution in [1.29, 1.82) is 0 Å². The number of aryl methyl sites for hydroxylation is 4. The number of carbonyl (C=O) groups is 1. The monoisotopic (exact) mass is 452 g/mol. The van der Waals surface area contributed by atoms with Crippen molar-refractivity contribution < 1.29 is 4.79 Å². The molecule has 168 valence electrons. The first-order chi connectivity index (χ1) is 15.3. The van der Waals surface area contributed by atoms with Crippen molar-refractivity contribution in [2.45, 2.75) is 46.5 Å². The highest BCUT2D eigenvalue weighted by molar-refractivity contribution is 7.15. The fraction of sp³-hybridized carbons (Fsp3) is 0.455. The van der Waals surface area contributed by atoms with E-state index in [1.54, 1.807) is 6.08 Å². The Morgan fingerprint density at radius 3 is 2.72 bits per heavy atom. The van der Waals surface area contributed by atoms with Crippen LogP contribution in [-0.4, -0.2) is 53.8 Å². The van der Waals surface area contributed by atoms with E-state index < -0.39 is 0 Å². The topological polar surface area (TPSA) is 102 Å². The molecule has 0 saturated carbocycles. The van der Waals surface area contributed by atoms with E-state index in [1.165, 1.54) is 11.3 Å². The highest BCUT2D eigenvalue weighted by Gasteiger charge is 2.25. The second-order valence-corrected chi connectivity index (χ2v) is 9.32. The molecule has 1 amide bonds. The number of hydrogen-bond donors (Lipinski definition) is 1. The van der Waals surface area contributed by atoms with Crippen molar-refractivity contribution >= 4 is 34.3 Å². The molecule has 4 rings (SSSR count). The Bertz CT molecular complexity index is 1160. The molecule has 0 aliphatic carbocycles. The molecule has 3 aromatic heterocycles. The molecule has 10 heteroatoms. The maximum absolute atomic E-state index is 12.9. The molecule has 9 nitrogen and oxygen atoms in total. The minimum atomic E-state index is 0.0193. The standard InChI is InChI=1S/C22H28N8OS/c1-13-18(14(2)29(5)28-13)8-9-21(31)30-10-6-7-17(12-30)19-11-20(24-15(3)23-19)25-22-27-26-16(4)32-22/h8-9,11,17H,6-7,10,12H2,1-5H3,(H,23,24,25,27)/b9-8+/t17-/m0/s1. The summed E-state index contributed by atoms with van der Waals surface area (Å²) in [5.74, 6) is 1.58. The van der Waals surface area contributed by atoms with Crippen LogP contribution in [0.1, 0.15) is 52.2 Å². The van der Waals surface area contributed by atoms with Gasteiger partial charge in [0.05, 0.1) is 11.4 Å². The van der Waals surface area contributed by atoms with Crippen LogP contribution >= 0.6 is 11.3 Å². The van der Waals surface area contributed by atoms with Crippen molar-refractivity contribution in [3.05, 3.63) is 45.6 Å². The van der Waals surface area contributed by atoms with Crippen LogP contribution in [0.5, 0.6) is 0 Å². The molecule has 0 unspecified atom stereocenters. The Labute approximate surface area is 191 Å². The molecule has 1 aliphatic heterocycles. The average molecular weight is 453 g/mol. The molecule has 4 heterocycles. The quantitative estimate of drug-likeness (QED) is 0.592. The van der Waals surface area contributed by atoms with Gasteiger partial charge in [-0.25, -0.2) is 9.97 Å². The van der Waals surface area contributed by atoms with E-state index in [0.29, 0.717) is 23.3 Å². The van der Waals surface area contributed by atoms with E-state index in [2.05, 4.69) is 30.6 Å². The number of likely N-dealkylation sites (tertiary alicyclic amines) is 1. The summed E-state index contributed by atoms with van der Waals surface area (Å²) in [6.07, 6.45) is 5.47. The molecule has 1 atom stereocenters. The van der Waals surface area contributed by atoms with E-state index in [1.807, 2.05) is 56.5 Å². The Morgan fingerprint density at radius 1 is 1.22 bits per heavy atom. The highest BCUT2D eigenvalue weighted by atomic mass is 32.1. The smallest absolute Gasteiger partial charge is 0.246 e. The zero-order valence-corrected chi connectivity index (χ0v) is 19.9. The number of rotatable bonds is 5. The largest absolute Gasteiger partial charge is 0.338 e. The molecule has 3 aromatic rings. The average Bonchev–Trinajstić information content (AvgIpc) is 3.27. The van der Waals surface area contributed by atoms with Crippen molar-refractivity contribution in [3.8, 4) is 0 Å². The molecule has 0 bridgehead atoms. The van der Waals surface area contributed by atoms with Crippen LogP contribution in [-0.2, 0) is 11.8 Å². The number of nitrogens with zero attached hydrogens (tertiary/aromatic N) is 7. The van der Waals surface area contributed by atoms with Gasteiger partial charge in [-0.05, 0) is 46.6 Å². The summed E-state index contributed by atoms with van der Waals surface area (Å²) < 4.78 is 1.84. The van der Waals surface area contributed by atoms with Crippen molar-refractivity contribution in [2.24, 2.45) is 7.05 Å². The Morgan fingerprint density at radius 2 is 2.03 bits per heavy atom. The first-order valence-corrected chi connectivity index (χ1v) is 11.5. The molecule has 32 heavy (non-hydrogen) atoms. The molecular formula is C22H28N8OS. The van der Waals surface area contributed by atoms with E-state index in [4.69, 9.17) is 0 Å². The van der Waals surface area contributed by atoms with Gasteiger partial charge in [0, 0.05) is 49.5 Å². The molecule has 1 N–H and O–H groups in total. The van der Waals surface area contributed by atoms with E-state index in [-0.39, 0.29) is 11.8 Å². The van der Waals surface area contributed by atoms with Gasteiger partial charge in [0.25, 0.3) is 0 Å². The van der Waals surface area contributed by atoms with Crippen LogP contribution in [0.15, 0.2) is 12.1 Å². The number of piperidine rings is 1. The molecule has 0 radical (unpaired) electrons. The zero-order valence-electron chi connectivity index (χ0n) is 19.1. The van der Waals surface area contributed by atoms with E-state index >= 15 is 0 Å². The summed E-state index contributed by atoms with van der Waals surface area (Å²) in [7, 11) is 1.91. The number of anilines is 2. The Hall–Kier alpha value is -3.14. The summed E-state index contributed by atoms with van der Waals surface area (Å²) >= 11 is 1.48. The van der Waals surface area contributed by atoms with Gasteiger partial charge in [-0.3, -0.25) is 9.48 Å².